The highest BCUT2D eigenvalue weighted by atomic mass is 35.5. The Labute approximate surface area is 113 Å². The van der Waals surface area contributed by atoms with E-state index < -0.39 is 0 Å². The molecular formula is C10H17Cl2N3O2. The zero-order valence-corrected chi connectivity index (χ0v) is 11.3. The summed E-state index contributed by atoms with van der Waals surface area (Å²) in [6, 6.07) is 3.29. The molecule has 0 saturated carbocycles. The van der Waals surface area contributed by atoms with Crippen molar-refractivity contribution in [2.45, 2.75) is 12.5 Å². The van der Waals surface area contributed by atoms with Gasteiger partial charge in [-0.3, -0.25) is 14.6 Å². The van der Waals surface area contributed by atoms with Gasteiger partial charge in [0.1, 0.15) is 0 Å². The number of rotatable bonds is 4. The molecule has 0 aromatic carbocycles. The van der Waals surface area contributed by atoms with Crippen LogP contribution < -0.4 is 5.73 Å². The summed E-state index contributed by atoms with van der Waals surface area (Å²) >= 11 is 0. The van der Waals surface area contributed by atoms with E-state index >= 15 is 0 Å². The lowest BCUT2D eigenvalue weighted by Gasteiger charge is -2.16. The summed E-state index contributed by atoms with van der Waals surface area (Å²) in [5.74, 6) is -0.158. The first-order chi connectivity index (χ1) is 7.15. The van der Waals surface area contributed by atoms with Crippen LogP contribution in [0.2, 0.25) is 0 Å². The van der Waals surface area contributed by atoms with Crippen molar-refractivity contribution in [3.8, 4) is 0 Å². The monoisotopic (exact) mass is 281 g/mol. The number of hydroxylamine groups is 2. The van der Waals surface area contributed by atoms with Gasteiger partial charge in [0, 0.05) is 31.9 Å². The van der Waals surface area contributed by atoms with Crippen LogP contribution in [0, 0.1) is 0 Å². The minimum Gasteiger partial charge on any atom is -0.323 e. The number of pyridine rings is 1. The van der Waals surface area contributed by atoms with Gasteiger partial charge in [0.15, 0.2) is 0 Å². The normalized spacial score (nSPS) is 10.8. The van der Waals surface area contributed by atoms with Crippen LogP contribution in [0.25, 0.3) is 0 Å². The first-order valence-corrected chi connectivity index (χ1v) is 4.61. The predicted octanol–water partition coefficient (Wildman–Crippen LogP) is 1.33. The van der Waals surface area contributed by atoms with E-state index in [1.807, 2.05) is 6.07 Å². The average Bonchev–Trinajstić information content (AvgIpc) is 2.29. The summed E-state index contributed by atoms with van der Waals surface area (Å²) in [6.45, 7) is 0. The van der Waals surface area contributed by atoms with Gasteiger partial charge in [-0.2, -0.15) is 0 Å². The zero-order chi connectivity index (χ0) is 11.3. The Hall–Kier alpha value is -0.880. The minimum atomic E-state index is -0.344. The summed E-state index contributed by atoms with van der Waals surface area (Å²) in [5.41, 5.74) is 6.69. The minimum absolute atomic E-state index is 0. The largest absolute Gasteiger partial charge is 0.323 e. The van der Waals surface area contributed by atoms with Gasteiger partial charge in [0.05, 0.1) is 7.11 Å². The molecule has 0 fully saturated rings. The molecule has 0 saturated heterocycles. The Morgan fingerprint density at radius 2 is 2.24 bits per heavy atom. The van der Waals surface area contributed by atoms with Crippen molar-refractivity contribution in [3.05, 3.63) is 30.1 Å². The number of halogens is 2. The smallest absolute Gasteiger partial charge is 0.247 e. The van der Waals surface area contributed by atoms with Crippen LogP contribution in [0.5, 0.6) is 0 Å². The second-order valence-electron chi connectivity index (χ2n) is 3.17. The molecule has 1 heterocycles. The van der Waals surface area contributed by atoms with Crippen molar-refractivity contribution >= 4 is 30.7 Å². The zero-order valence-electron chi connectivity index (χ0n) is 9.70. The summed E-state index contributed by atoms with van der Waals surface area (Å²) in [4.78, 5) is 20.2. The Morgan fingerprint density at radius 3 is 2.71 bits per heavy atom. The molecular weight excluding hydrogens is 265 g/mol. The van der Waals surface area contributed by atoms with Crippen molar-refractivity contribution in [1.82, 2.24) is 10.0 Å². The van der Waals surface area contributed by atoms with Crippen LogP contribution in [0.4, 0.5) is 0 Å². The van der Waals surface area contributed by atoms with Crippen LogP contribution in [-0.2, 0) is 9.63 Å². The highest BCUT2D eigenvalue weighted by Gasteiger charge is 2.14. The number of amides is 1. The lowest BCUT2D eigenvalue weighted by atomic mass is 10.1. The summed E-state index contributed by atoms with van der Waals surface area (Å²) in [5, 5.41) is 1.16. The van der Waals surface area contributed by atoms with E-state index in [0.717, 1.165) is 10.6 Å². The van der Waals surface area contributed by atoms with E-state index in [0.29, 0.717) is 0 Å². The molecule has 0 aliphatic carbocycles. The van der Waals surface area contributed by atoms with Crippen LogP contribution in [0.15, 0.2) is 24.5 Å². The SMILES string of the molecule is CON(C)C(=O)CC(N)c1cccnc1.Cl.Cl. The van der Waals surface area contributed by atoms with Crippen molar-refractivity contribution in [2.24, 2.45) is 5.73 Å². The van der Waals surface area contributed by atoms with Gasteiger partial charge in [-0.1, -0.05) is 6.07 Å². The third kappa shape index (κ3) is 5.83. The fourth-order valence-corrected chi connectivity index (χ4v) is 1.13. The standard InChI is InChI=1S/C10H15N3O2.2ClH/c1-13(15-2)10(14)6-9(11)8-4-3-5-12-7-8;;/h3-5,7,9H,6,11H2,1-2H3;2*1H. The maximum absolute atomic E-state index is 11.5. The van der Waals surface area contributed by atoms with E-state index in [-0.39, 0.29) is 43.2 Å². The fourth-order valence-electron chi connectivity index (χ4n) is 1.13. The van der Waals surface area contributed by atoms with Gasteiger partial charge in [-0.05, 0) is 11.6 Å². The summed E-state index contributed by atoms with van der Waals surface area (Å²) < 4.78 is 0. The van der Waals surface area contributed by atoms with E-state index in [9.17, 15) is 4.79 Å². The Morgan fingerprint density at radius 1 is 1.59 bits per heavy atom. The van der Waals surface area contributed by atoms with Crippen molar-refractivity contribution in [2.75, 3.05) is 14.2 Å². The van der Waals surface area contributed by atoms with Gasteiger partial charge in [-0.25, -0.2) is 5.06 Å². The molecule has 0 radical (unpaired) electrons. The lowest BCUT2D eigenvalue weighted by Crippen LogP contribution is -2.28. The molecule has 1 aromatic heterocycles. The van der Waals surface area contributed by atoms with E-state index in [1.54, 1.807) is 25.5 Å². The quantitative estimate of drug-likeness (QED) is 0.846. The topological polar surface area (TPSA) is 68.5 Å². The first kappa shape index (κ1) is 18.5. The Kier molecular flexibility index (Phi) is 9.98. The van der Waals surface area contributed by atoms with E-state index in [1.165, 1.54) is 7.11 Å². The highest BCUT2D eigenvalue weighted by molar-refractivity contribution is 5.85. The molecule has 2 N–H and O–H groups in total. The molecule has 7 heteroatoms. The molecule has 0 spiro atoms. The number of nitrogens with zero attached hydrogens (tertiary/aromatic N) is 2. The van der Waals surface area contributed by atoms with Crippen LogP contribution in [-0.4, -0.2) is 30.1 Å². The van der Waals surface area contributed by atoms with E-state index in [2.05, 4.69) is 4.98 Å². The van der Waals surface area contributed by atoms with Gasteiger partial charge >= 0.3 is 0 Å². The molecule has 1 rings (SSSR count). The Bertz CT molecular complexity index is 325. The van der Waals surface area contributed by atoms with Crippen molar-refractivity contribution in [1.29, 1.82) is 0 Å². The molecule has 1 unspecified atom stereocenters. The average molecular weight is 282 g/mol. The molecule has 1 atom stereocenters. The first-order valence-electron chi connectivity index (χ1n) is 4.61. The maximum Gasteiger partial charge on any atom is 0.247 e. The third-order valence-corrected chi connectivity index (χ3v) is 2.13. The lowest BCUT2D eigenvalue weighted by molar-refractivity contribution is -0.169. The molecule has 1 amide bonds. The molecule has 5 nitrogen and oxygen atoms in total. The predicted molar refractivity (Wildman–Crippen MR) is 70.1 cm³/mol. The summed E-state index contributed by atoms with van der Waals surface area (Å²) in [7, 11) is 2.99. The molecule has 1 aromatic rings. The van der Waals surface area contributed by atoms with Crippen LogP contribution in [0.1, 0.15) is 18.0 Å². The number of hydrogen-bond donors (Lipinski definition) is 1. The van der Waals surface area contributed by atoms with Gasteiger partial charge < -0.3 is 5.73 Å². The fraction of sp³-hybridized carbons (Fsp3) is 0.400. The van der Waals surface area contributed by atoms with E-state index in [4.69, 9.17) is 10.6 Å². The van der Waals surface area contributed by atoms with Gasteiger partial charge in [-0.15, -0.1) is 24.8 Å². The number of carbonyl (C=O) groups is 1. The number of hydrogen-bond acceptors (Lipinski definition) is 4. The highest BCUT2D eigenvalue weighted by Crippen LogP contribution is 2.13. The molecule has 17 heavy (non-hydrogen) atoms. The number of aromatic nitrogens is 1. The van der Waals surface area contributed by atoms with Crippen molar-refractivity contribution in [3.63, 3.8) is 0 Å². The molecule has 0 bridgehead atoms. The second-order valence-corrected chi connectivity index (χ2v) is 3.17. The van der Waals surface area contributed by atoms with Gasteiger partial charge in [0.25, 0.3) is 0 Å². The molecule has 98 valence electrons. The summed E-state index contributed by atoms with van der Waals surface area (Å²) in [6.07, 6.45) is 3.53. The van der Waals surface area contributed by atoms with Crippen molar-refractivity contribution < 1.29 is 9.63 Å². The van der Waals surface area contributed by atoms with Gasteiger partial charge in [0.2, 0.25) is 5.91 Å². The molecule has 0 aliphatic rings. The third-order valence-electron chi connectivity index (χ3n) is 2.13. The maximum atomic E-state index is 11.5. The number of nitrogens with two attached hydrogens (primary N) is 1. The van der Waals surface area contributed by atoms with Crippen LogP contribution >= 0.6 is 24.8 Å². The molecule has 0 aliphatic heterocycles. The van der Waals surface area contributed by atoms with Crippen LogP contribution in [0.3, 0.4) is 0 Å². The second kappa shape index (κ2) is 9.18. The Balaban J connectivity index is 0. The number of carbonyl (C=O) groups excluding carboxylic acids is 1.